The first kappa shape index (κ1) is 13.7. The minimum atomic E-state index is -0.656. The fourth-order valence-corrected chi connectivity index (χ4v) is 2.89. The van der Waals surface area contributed by atoms with E-state index < -0.39 is 5.54 Å². The number of carbonyl (C=O) groups excluding carboxylic acids is 1. The van der Waals surface area contributed by atoms with Gasteiger partial charge in [0.2, 0.25) is 5.91 Å². The van der Waals surface area contributed by atoms with E-state index >= 15 is 0 Å². The molecule has 0 bridgehead atoms. The molecule has 0 saturated heterocycles. The molecule has 1 amide bonds. The van der Waals surface area contributed by atoms with Crippen molar-refractivity contribution in [1.29, 1.82) is 0 Å². The van der Waals surface area contributed by atoms with E-state index in [2.05, 4.69) is 25.8 Å². The van der Waals surface area contributed by atoms with Gasteiger partial charge in [-0.15, -0.1) is 5.10 Å². The number of aromatic nitrogens is 5. The van der Waals surface area contributed by atoms with Gasteiger partial charge in [-0.25, -0.2) is 4.68 Å². The molecule has 1 fully saturated rings. The Balaban J connectivity index is 1.75. The lowest BCUT2D eigenvalue weighted by atomic mass is 9.81. The summed E-state index contributed by atoms with van der Waals surface area (Å²) in [6.45, 7) is 0.420. The van der Waals surface area contributed by atoms with Gasteiger partial charge in [0.25, 0.3) is 0 Å². The molecule has 7 nitrogen and oxygen atoms in total. The highest BCUT2D eigenvalue weighted by Crippen LogP contribution is 2.34. The summed E-state index contributed by atoms with van der Waals surface area (Å²) in [5.74, 6) is -0.0276. The lowest BCUT2D eigenvalue weighted by Gasteiger charge is -2.35. The van der Waals surface area contributed by atoms with E-state index in [1.54, 1.807) is 10.9 Å². The summed E-state index contributed by atoms with van der Waals surface area (Å²) < 4.78 is 1.61. The van der Waals surface area contributed by atoms with Crippen LogP contribution in [0.15, 0.2) is 30.7 Å². The second-order valence-corrected chi connectivity index (χ2v) is 5.35. The van der Waals surface area contributed by atoms with Crippen LogP contribution in [0.3, 0.4) is 0 Å². The average Bonchev–Trinajstić information content (AvgIpc) is 3.09. The largest absolute Gasteiger partial charge is 0.348 e. The first-order valence-electron chi connectivity index (χ1n) is 7.23. The molecule has 1 saturated carbocycles. The third-order valence-electron chi connectivity index (χ3n) is 4.05. The highest BCUT2D eigenvalue weighted by atomic mass is 16.2. The number of amides is 1. The smallest absolute Gasteiger partial charge is 0.248 e. The summed E-state index contributed by atoms with van der Waals surface area (Å²) in [5.41, 5.74) is 0.185. The van der Waals surface area contributed by atoms with E-state index in [4.69, 9.17) is 0 Å². The van der Waals surface area contributed by atoms with Crippen LogP contribution in [0.2, 0.25) is 0 Å². The number of hydrogen-bond donors (Lipinski definition) is 1. The Morgan fingerprint density at radius 2 is 2.14 bits per heavy atom. The summed E-state index contributed by atoms with van der Waals surface area (Å²) in [5, 5.41) is 14.3. The van der Waals surface area contributed by atoms with Crippen LogP contribution >= 0.6 is 0 Å². The van der Waals surface area contributed by atoms with Crippen LogP contribution in [0.5, 0.6) is 0 Å². The van der Waals surface area contributed by atoms with Crippen LogP contribution in [-0.2, 0) is 16.9 Å². The van der Waals surface area contributed by atoms with E-state index in [1.807, 2.05) is 18.2 Å². The lowest BCUT2D eigenvalue weighted by molar-refractivity contribution is -0.132. The van der Waals surface area contributed by atoms with Crippen molar-refractivity contribution in [2.24, 2.45) is 0 Å². The first-order chi connectivity index (χ1) is 10.3. The van der Waals surface area contributed by atoms with Crippen molar-refractivity contribution in [3.05, 3.63) is 36.4 Å². The Bertz CT molecular complexity index is 577. The first-order valence-corrected chi connectivity index (χ1v) is 7.23. The van der Waals surface area contributed by atoms with Crippen molar-refractivity contribution >= 4 is 5.91 Å². The summed E-state index contributed by atoms with van der Waals surface area (Å²) in [4.78, 5) is 17.0. The van der Waals surface area contributed by atoms with Crippen LogP contribution in [-0.4, -0.2) is 31.1 Å². The van der Waals surface area contributed by atoms with Crippen LogP contribution in [0.25, 0.3) is 0 Å². The minimum Gasteiger partial charge on any atom is -0.348 e. The van der Waals surface area contributed by atoms with Crippen molar-refractivity contribution in [2.75, 3.05) is 0 Å². The molecule has 0 atom stereocenters. The third kappa shape index (κ3) is 2.76. The maximum atomic E-state index is 12.7. The quantitative estimate of drug-likeness (QED) is 0.907. The van der Waals surface area contributed by atoms with Crippen molar-refractivity contribution in [3.63, 3.8) is 0 Å². The molecule has 0 unspecified atom stereocenters. The molecule has 3 rings (SSSR count). The topological polar surface area (TPSA) is 85.6 Å². The van der Waals surface area contributed by atoms with E-state index in [-0.39, 0.29) is 5.91 Å². The summed E-state index contributed by atoms with van der Waals surface area (Å²) in [7, 11) is 0. The van der Waals surface area contributed by atoms with Crippen LogP contribution < -0.4 is 5.32 Å². The Morgan fingerprint density at radius 1 is 1.29 bits per heavy atom. The molecular weight excluding hydrogens is 268 g/mol. The van der Waals surface area contributed by atoms with Gasteiger partial charge in [0.15, 0.2) is 0 Å². The lowest BCUT2D eigenvalue weighted by Crippen LogP contribution is -2.50. The molecule has 110 valence electrons. The van der Waals surface area contributed by atoms with Gasteiger partial charge >= 0.3 is 0 Å². The summed E-state index contributed by atoms with van der Waals surface area (Å²) in [6, 6.07) is 5.66. The monoisotopic (exact) mass is 286 g/mol. The minimum absolute atomic E-state index is 0.0276. The normalized spacial score (nSPS) is 17.3. The Labute approximate surface area is 122 Å². The molecule has 2 aromatic heterocycles. The van der Waals surface area contributed by atoms with E-state index in [0.29, 0.717) is 6.54 Å². The fourth-order valence-electron chi connectivity index (χ4n) is 2.89. The highest BCUT2D eigenvalue weighted by Gasteiger charge is 2.42. The highest BCUT2D eigenvalue weighted by molar-refractivity contribution is 5.84. The Morgan fingerprint density at radius 3 is 2.81 bits per heavy atom. The van der Waals surface area contributed by atoms with Gasteiger partial charge in [-0.3, -0.25) is 9.78 Å². The van der Waals surface area contributed by atoms with Crippen molar-refractivity contribution in [2.45, 2.75) is 44.2 Å². The molecule has 0 aliphatic heterocycles. The van der Waals surface area contributed by atoms with Gasteiger partial charge in [0, 0.05) is 6.20 Å². The van der Waals surface area contributed by atoms with Crippen LogP contribution in [0.4, 0.5) is 0 Å². The number of tetrazole rings is 1. The number of pyridine rings is 1. The molecule has 2 aromatic rings. The van der Waals surface area contributed by atoms with Gasteiger partial charge < -0.3 is 5.32 Å². The number of nitrogens with one attached hydrogen (secondary N) is 1. The van der Waals surface area contributed by atoms with E-state index in [0.717, 1.165) is 37.8 Å². The average molecular weight is 286 g/mol. The molecule has 0 aromatic carbocycles. The zero-order valence-electron chi connectivity index (χ0n) is 11.8. The number of nitrogens with zero attached hydrogens (tertiary/aromatic N) is 5. The zero-order valence-corrected chi connectivity index (χ0v) is 11.8. The SMILES string of the molecule is O=C(NCc1ccccn1)C1(n2cnnn2)CCCCC1. The van der Waals surface area contributed by atoms with Gasteiger partial charge in [-0.2, -0.15) is 0 Å². The van der Waals surface area contributed by atoms with Crippen LogP contribution in [0, 0.1) is 0 Å². The number of carbonyl (C=O) groups is 1. The molecule has 2 heterocycles. The Kier molecular flexibility index (Phi) is 3.89. The van der Waals surface area contributed by atoms with Crippen molar-refractivity contribution < 1.29 is 4.79 Å². The maximum absolute atomic E-state index is 12.7. The Hall–Kier alpha value is -2.31. The standard InChI is InChI=1S/C14H18N6O/c21-13(16-10-12-6-2-5-9-15-12)14(7-3-1-4-8-14)20-11-17-18-19-20/h2,5-6,9,11H,1,3-4,7-8,10H2,(H,16,21). The second-order valence-electron chi connectivity index (χ2n) is 5.35. The summed E-state index contributed by atoms with van der Waals surface area (Å²) in [6.07, 6.45) is 7.97. The van der Waals surface area contributed by atoms with Crippen LogP contribution in [0.1, 0.15) is 37.8 Å². The molecule has 1 aliphatic carbocycles. The third-order valence-corrected chi connectivity index (χ3v) is 4.05. The number of rotatable bonds is 4. The molecule has 7 heteroatoms. The fraction of sp³-hybridized carbons (Fsp3) is 0.500. The van der Waals surface area contributed by atoms with Crippen molar-refractivity contribution in [3.8, 4) is 0 Å². The number of hydrogen-bond acceptors (Lipinski definition) is 5. The second kappa shape index (κ2) is 5.99. The molecular formula is C14H18N6O. The predicted octanol–water partition coefficient (Wildman–Crippen LogP) is 1.04. The molecule has 21 heavy (non-hydrogen) atoms. The van der Waals surface area contributed by atoms with Gasteiger partial charge in [0.05, 0.1) is 12.2 Å². The maximum Gasteiger partial charge on any atom is 0.248 e. The molecule has 0 radical (unpaired) electrons. The molecule has 0 spiro atoms. The zero-order chi connectivity index (χ0) is 14.5. The van der Waals surface area contributed by atoms with E-state index in [9.17, 15) is 4.79 Å². The van der Waals surface area contributed by atoms with Gasteiger partial charge in [-0.05, 0) is 35.4 Å². The molecule has 1 N–H and O–H groups in total. The van der Waals surface area contributed by atoms with Gasteiger partial charge in [-0.1, -0.05) is 25.3 Å². The van der Waals surface area contributed by atoms with Gasteiger partial charge in [0.1, 0.15) is 11.9 Å². The predicted molar refractivity (Wildman–Crippen MR) is 75.0 cm³/mol. The summed E-state index contributed by atoms with van der Waals surface area (Å²) >= 11 is 0. The molecule has 1 aliphatic rings. The van der Waals surface area contributed by atoms with Crippen molar-refractivity contribution in [1.82, 2.24) is 30.5 Å². The van der Waals surface area contributed by atoms with E-state index in [1.165, 1.54) is 6.33 Å².